The highest BCUT2D eigenvalue weighted by atomic mass is 19.1. The van der Waals surface area contributed by atoms with E-state index in [0.29, 0.717) is 11.2 Å². The minimum Gasteiger partial charge on any atom is -0.377 e. The highest BCUT2D eigenvalue weighted by molar-refractivity contribution is 5.72. The molecule has 134 valence electrons. The number of nitrogens with zero attached hydrogens (tertiary/aromatic N) is 3. The van der Waals surface area contributed by atoms with Crippen molar-refractivity contribution in [2.75, 3.05) is 11.9 Å². The zero-order valence-corrected chi connectivity index (χ0v) is 15.1. The molecule has 1 saturated heterocycles. The fourth-order valence-electron chi connectivity index (χ4n) is 4.78. The van der Waals surface area contributed by atoms with Gasteiger partial charge in [-0.3, -0.25) is 9.38 Å². The van der Waals surface area contributed by atoms with Crippen molar-refractivity contribution in [1.82, 2.24) is 14.4 Å². The molecular weight excluding hydrogens is 331 g/mol. The Labute approximate surface area is 151 Å². The summed E-state index contributed by atoms with van der Waals surface area (Å²) in [5.74, 6) is -0.258. The number of imidazole rings is 1. The van der Waals surface area contributed by atoms with Crippen LogP contribution in [0.4, 0.5) is 10.1 Å². The number of fused-ring (bicyclic) bond motifs is 4. The van der Waals surface area contributed by atoms with Gasteiger partial charge in [0.15, 0.2) is 5.65 Å². The number of anilines is 1. The van der Waals surface area contributed by atoms with Gasteiger partial charge in [-0.15, -0.1) is 0 Å². The van der Waals surface area contributed by atoms with Gasteiger partial charge in [0, 0.05) is 35.7 Å². The van der Waals surface area contributed by atoms with Crippen LogP contribution in [0.1, 0.15) is 32.8 Å². The van der Waals surface area contributed by atoms with E-state index in [4.69, 9.17) is 4.74 Å². The Balaban J connectivity index is 1.74. The van der Waals surface area contributed by atoms with Gasteiger partial charge in [-0.2, -0.15) is 0 Å². The third-order valence-corrected chi connectivity index (χ3v) is 5.91. The highest BCUT2D eigenvalue weighted by Crippen LogP contribution is 2.51. The van der Waals surface area contributed by atoms with Crippen molar-refractivity contribution in [1.29, 1.82) is 0 Å². The molecule has 3 aromatic rings. The molecule has 0 spiro atoms. The standard InChI is InChI=1S/C20H21FN4O/c1-19(2)18-20(3,4-7-26-18)13-8-12(14(21)9-15(13)24-19)16-10-23-17-11-22-5-6-25(16)17/h5-6,8-11,18,24H,4,7H2,1-3H3. The van der Waals surface area contributed by atoms with Crippen LogP contribution in [0.25, 0.3) is 16.9 Å². The summed E-state index contributed by atoms with van der Waals surface area (Å²) in [6.45, 7) is 7.19. The molecule has 1 aromatic carbocycles. The average Bonchev–Trinajstić information content (AvgIpc) is 3.19. The normalized spacial score (nSPS) is 26.4. The largest absolute Gasteiger partial charge is 0.377 e. The molecular formula is C20H21FN4O. The smallest absolute Gasteiger partial charge is 0.155 e. The molecule has 4 heterocycles. The van der Waals surface area contributed by atoms with E-state index in [1.807, 2.05) is 10.5 Å². The lowest BCUT2D eigenvalue weighted by Crippen LogP contribution is -2.56. The molecule has 2 aromatic heterocycles. The van der Waals surface area contributed by atoms with Gasteiger partial charge in [-0.25, -0.2) is 9.37 Å². The van der Waals surface area contributed by atoms with E-state index in [1.165, 1.54) is 0 Å². The Morgan fingerprint density at radius 2 is 2.12 bits per heavy atom. The summed E-state index contributed by atoms with van der Waals surface area (Å²) in [4.78, 5) is 8.43. The molecule has 0 amide bonds. The molecule has 2 unspecified atom stereocenters. The van der Waals surface area contributed by atoms with Crippen molar-refractivity contribution < 1.29 is 9.13 Å². The van der Waals surface area contributed by atoms with Crippen molar-refractivity contribution in [3.63, 3.8) is 0 Å². The van der Waals surface area contributed by atoms with Crippen LogP contribution in [0, 0.1) is 5.82 Å². The first-order chi connectivity index (χ1) is 12.4. The second kappa shape index (κ2) is 5.04. The van der Waals surface area contributed by atoms with Gasteiger partial charge in [0.05, 0.1) is 29.7 Å². The first-order valence-electron chi connectivity index (χ1n) is 8.91. The van der Waals surface area contributed by atoms with Crippen molar-refractivity contribution in [3.8, 4) is 11.3 Å². The SMILES string of the molecule is CC1(C)Nc2cc(F)c(-c3cnc4cnccn34)cc2C2(C)CCOC12. The van der Waals surface area contributed by atoms with Crippen LogP contribution in [0.3, 0.4) is 0 Å². The van der Waals surface area contributed by atoms with Crippen LogP contribution in [-0.4, -0.2) is 32.6 Å². The Morgan fingerprint density at radius 3 is 2.96 bits per heavy atom. The number of benzene rings is 1. The van der Waals surface area contributed by atoms with Crippen LogP contribution in [-0.2, 0) is 10.2 Å². The molecule has 1 N–H and O–H groups in total. The van der Waals surface area contributed by atoms with E-state index < -0.39 is 0 Å². The van der Waals surface area contributed by atoms with Gasteiger partial charge >= 0.3 is 0 Å². The lowest BCUT2D eigenvalue weighted by molar-refractivity contribution is 0.0352. The molecule has 5 rings (SSSR count). The van der Waals surface area contributed by atoms with E-state index in [9.17, 15) is 0 Å². The monoisotopic (exact) mass is 352 g/mol. The number of hydrogen-bond donors (Lipinski definition) is 1. The topological polar surface area (TPSA) is 51.5 Å². The van der Waals surface area contributed by atoms with Gasteiger partial charge in [-0.05, 0) is 38.0 Å². The van der Waals surface area contributed by atoms with Gasteiger partial charge in [0.2, 0.25) is 0 Å². The molecule has 0 bridgehead atoms. The van der Waals surface area contributed by atoms with Crippen molar-refractivity contribution in [2.24, 2.45) is 0 Å². The second-order valence-electron chi connectivity index (χ2n) is 8.09. The van der Waals surface area contributed by atoms with Crippen molar-refractivity contribution in [2.45, 2.75) is 44.2 Å². The quantitative estimate of drug-likeness (QED) is 0.724. The summed E-state index contributed by atoms with van der Waals surface area (Å²) in [6, 6.07) is 3.59. The Hall–Kier alpha value is -2.47. The average molecular weight is 352 g/mol. The Bertz CT molecular complexity index is 1030. The Morgan fingerprint density at radius 1 is 1.27 bits per heavy atom. The summed E-state index contributed by atoms with van der Waals surface area (Å²) in [6.07, 6.45) is 7.84. The van der Waals surface area contributed by atoms with Gasteiger partial charge in [0.1, 0.15) is 5.82 Å². The molecule has 0 radical (unpaired) electrons. The summed E-state index contributed by atoms with van der Waals surface area (Å²) < 4.78 is 23.0. The maximum atomic E-state index is 15.1. The molecule has 2 atom stereocenters. The van der Waals surface area contributed by atoms with Crippen LogP contribution < -0.4 is 5.32 Å². The number of halogens is 1. The number of aromatic nitrogens is 3. The zero-order valence-electron chi connectivity index (χ0n) is 15.1. The van der Waals surface area contributed by atoms with E-state index in [1.54, 1.807) is 30.9 Å². The minimum atomic E-state index is -0.258. The predicted octanol–water partition coefficient (Wildman–Crippen LogP) is 3.79. The number of hydrogen-bond acceptors (Lipinski definition) is 4. The molecule has 6 heteroatoms. The second-order valence-corrected chi connectivity index (χ2v) is 8.09. The first-order valence-corrected chi connectivity index (χ1v) is 8.91. The summed E-state index contributed by atoms with van der Waals surface area (Å²) in [7, 11) is 0. The fourth-order valence-corrected chi connectivity index (χ4v) is 4.78. The molecule has 0 saturated carbocycles. The minimum absolute atomic E-state index is 0.0483. The van der Waals surface area contributed by atoms with Crippen molar-refractivity contribution >= 4 is 11.3 Å². The van der Waals surface area contributed by atoms with E-state index in [2.05, 4.69) is 36.1 Å². The van der Waals surface area contributed by atoms with Crippen LogP contribution >= 0.6 is 0 Å². The van der Waals surface area contributed by atoms with Gasteiger partial charge < -0.3 is 10.1 Å². The molecule has 0 aliphatic carbocycles. The lowest BCUT2D eigenvalue weighted by atomic mass is 9.67. The van der Waals surface area contributed by atoms with Gasteiger partial charge in [0.25, 0.3) is 0 Å². The number of rotatable bonds is 1. The summed E-state index contributed by atoms with van der Waals surface area (Å²) in [5.41, 5.74) is 3.56. The summed E-state index contributed by atoms with van der Waals surface area (Å²) >= 11 is 0. The molecule has 1 fully saturated rings. The maximum Gasteiger partial charge on any atom is 0.155 e. The van der Waals surface area contributed by atoms with E-state index >= 15 is 4.39 Å². The Kier molecular flexibility index (Phi) is 3.05. The highest BCUT2D eigenvalue weighted by Gasteiger charge is 2.53. The summed E-state index contributed by atoms with van der Waals surface area (Å²) in [5, 5.41) is 3.49. The number of ether oxygens (including phenoxy) is 1. The molecule has 2 aliphatic rings. The third kappa shape index (κ3) is 1.99. The van der Waals surface area contributed by atoms with Crippen LogP contribution in [0.2, 0.25) is 0 Å². The fraction of sp³-hybridized carbons (Fsp3) is 0.400. The van der Waals surface area contributed by atoms with Crippen molar-refractivity contribution in [3.05, 3.63) is 48.3 Å². The number of nitrogens with one attached hydrogen (secondary N) is 1. The van der Waals surface area contributed by atoms with E-state index in [-0.39, 0.29) is 22.9 Å². The molecule has 2 aliphatic heterocycles. The van der Waals surface area contributed by atoms with Crippen LogP contribution in [0.15, 0.2) is 36.9 Å². The maximum absolute atomic E-state index is 15.1. The van der Waals surface area contributed by atoms with Gasteiger partial charge in [-0.1, -0.05) is 6.92 Å². The van der Waals surface area contributed by atoms with Crippen LogP contribution in [0.5, 0.6) is 0 Å². The molecule has 5 nitrogen and oxygen atoms in total. The van der Waals surface area contributed by atoms with E-state index in [0.717, 1.165) is 30.0 Å². The predicted molar refractivity (Wildman–Crippen MR) is 97.8 cm³/mol. The molecule has 26 heavy (non-hydrogen) atoms. The lowest BCUT2D eigenvalue weighted by Gasteiger charge is -2.48. The first kappa shape index (κ1) is 15.8. The third-order valence-electron chi connectivity index (χ3n) is 5.91. The zero-order chi connectivity index (χ0) is 18.1.